The van der Waals surface area contributed by atoms with Gasteiger partial charge in [-0.05, 0) is 42.0 Å². The Bertz CT molecular complexity index is 1270. The average Bonchev–Trinajstić information content (AvgIpc) is 3.00. The molecule has 120 valence electrons. The van der Waals surface area contributed by atoms with Crippen LogP contribution >= 0.6 is 15.9 Å². The number of pyridine rings is 1. The molecule has 5 rings (SSSR count). The molecular weight excluding hydrogens is 372 g/mol. The van der Waals surface area contributed by atoms with E-state index in [0.29, 0.717) is 0 Å². The Hall–Kier alpha value is -2.65. The van der Waals surface area contributed by atoms with Crippen molar-refractivity contribution in [2.45, 2.75) is 6.92 Å². The molecule has 0 fully saturated rings. The van der Waals surface area contributed by atoms with Crippen molar-refractivity contribution in [3.8, 4) is 11.3 Å². The molecule has 0 unspecified atom stereocenters. The first-order chi connectivity index (χ1) is 12.2. The fourth-order valence-corrected chi connectivity index (χ4v) is 4.12. The Labute approximate surface area is 153 Å². The zero-order valence-electron chi connectivity index (χ0n) is 13.7. The van der Waals surface area contributed by atoms with Gasteiger partial charge < -0.3 is 4.98 Å². The summed E-state index contributed by atoms with van der Waals surface area (Å²) >= 11 is 3.66. The number of halogens is 1. The minimum Gasteiger partial charge on any atom is -0.353 e. The third-order valence-corrected chi connectivity index (χ3v) is 5.49. The van der Waals surface area contributed by atoms with E-state index >= 15 is 0 Å². The Morgan fingerprint density at radius 3 is 2.60 bits per heavy atom. The molecule has 2 aromatic heterocycles. The number of aromatic amines is 1. The van der Waals surface area contributed by atoms with E-state index in [9.17, 15) is 0 Å². The number of H-pyrrole nitrogens is 1. The van der Waals surface area contributed by atoms with E-state index in [2.05, 4.69) is 88.5 Å². The van der Waals surface area contributed by atoms with Crippen molar-refractivity contribution in [2.24, 2.45) is 0 Å². The van der Waals surface area contributed by atoms with Gasteiger partial charge in [0.2, 0.25) is 0 Å². The van der Waals surface area contributed by atoms with Crippen LogP contribution in [0.25, 0.3) is 43.8 Å². The first-order valence-corrected chi connectivity index (χ1v) is 9.06. The van der Waals surface area contributed by atoms with Crippen LogP contribution in [0.2, 0.25) is 0 Å². The second kappa shape index (κ2) is 5.43. The van der Waals surface area contributed by atoms with Crippen LogP contribution in [-0.4, -0.2) is 9.97 Å². The lowest BCUT2D eigenvalue weighted by Crippen LogP contribution is -1.87. The van der Waals surface area contributed by atoms with Crippen LogP contribution in [0.1, 0.15) is 5.56 Å². The number of aromatic nitrogens is 2. The molecule has 3 aromatic carbocycles. The summed E-state index contributed by atoms with van der Waals surface area (Å²) in [6.45, 7) is 2.13. The highest BCUT2D eigenvalue weighted by atomic mass is 79.9. The van der Waals surface area contributed by atoms with Gasteiger partial charge in [-0.2, -0.15) is 0 Å². The molecule has 0 saturated heterocycles. The van der Waals surface area contributed by atoms with Gasteiger partial charge in [0.25, 0.3) is 0 Å². The SMILES string of the molecule is Cc1ccc2[nH]c3c(-c4cccc5c(Br)cccc45)nccc3c2c1. The minimum absolute atomic E-state index is 0.995. The van der Waals surface area contributed by atoms with E-state index in [1.807, 2.05) is 6.20 Å². The van der Waals surface area contributed by atoms with E-state index in [1.165, 1.54) is 27.1 Å². The minimum atomic E-state index is 0.995. The molecule has 0 aliphatic carbocycles. The smallest absolute Gasteiger partial charge is 0.0949 e. The van der Waals surface area contributed by atoms with Crippen molar-refractivity contribution < 1.29 is 0 Å². The number of nitrogens with zero attached hydrogens (tertiary/aromatic N) is 1. The molecular formula is C22H15BrN2. The molecule has 0 amide bonds. The number of aryl methyl sites for hydroxylation is 1. The fraction of sp³-hybridized carbons (Fsp3) is 0.0455. The molecule has 0 spiro atoms. The van der Waals surface area contributed by atoms with Gasteiger partial charge >= 0.3 is 0 Å². The van der Waals surface area contributed by atoms with Crippen LogP contribution in [-0.2, 0) is 0 Å². The summed E-state index contributed by atoms with van der Waals surface area (Å²) in [6.07, 6.45) is 1.91. The Morgan fingerprint density at radius 1 is 0.840 bits per heavy atom. The number of benzene rings is 3. The Balaban J connectivity index is 1.91. The summed E-state index contributed by atoms with van der Waals surface area (Å²) < 4.78 is 1.10. The van der Waals surface area contributed by atoms with Gasteiger partial charge in [0, 0.05) is 32.5 Å². The van der Waals surface area contributed by atoms with Gasteiger partial charge in [0.1, 0.15) is 0 Å². The molecule has 0 aliphatic rings. The van der Waals surface area contributed by atoms with Crippen LogP contribution in [0.5, 0.6) is 0 Å². The summed E-state index contributed by atoms with van der Waals surface area (Å²) in [6, 6.07) is 21.3. The van der Waals surface area contributed by atoms with Crippen molar-refractivity contribution in [2.75, 3.05) is 0 Å². The first-order valence-electron chi connectivity index (χ1n) is 8.27. The van der Waals surface area contributed by atoms with Crippen molar-refractivity contribution in [3.05, 3.63) is 76.9 Å². The lowest BCUT2D eigenvalue weighted by Gasteiger charge is -2.08. The standard InChI is InChI=1S/C22H15BrN2/c1-13-8-9-20-18(12-13)17-10-11-24-21(22(17)25-20)16-6-2-5-15-14(16)4-3-7-19(15)23/h2-12,25H,1H3. The topological polar surface area (TPSA) is 28.7 Å². The van der Waals surface area contributed by atoms with Crippen LogP contribution in [0, 0.1) is 6.92 Å². The van der Waals surface area contributed by atoms with Crippen molar-refractivity contribution in [3.63, 3.8) is 0 Å². The monoisotopic (exact) mass is 386 g/mol. The third-order valence-electron chi connectivity index (χ3n) is 4.80. The summed E-state index contributed by atoms with van der Waals surface area (Å²) in [5.74, 6) is 0. The lowest BCUT2D eigenvalue weighted by molar-refractivity contribution is 1.35. The maximum atomic E-state index is 4.73. The zero-order valence-corrected chi connectivity index (χ0v) is 15.3. The number of hydrogen-bond acceptors (Lipinski definition) is 1. The lowest BCUT2D eigenvalue weighted by atomic mass is 10.0. The van der Waals surface area contributed by atoms with E-state index in [-0.39, 0.29) is 0 Å². The van der Waals surface area contributed by atoms with Gasteiger partial charge in [0.05, 0.1) is 11.2 Å². The number of fused-ring (bicyclic) bond motifs is 4. The van der Waals surface area contributed by atoms with Crippen LogP contribution < -0.4 is 0 Å². The molecule has 1 N–H and O–H groups in total. The normalized spacial score (nSPS) is 11.6. The van der Waals surface area contributed by atoms with Crippen molar-refractivity contribution in [1.29, 1.82) is 0 Å². The number of hydrogen-bond donors (Lipinski definition) is 1. The quantitative estimate of drug-likeness (QED) is 0.345. The van der Waals surface area contributed by atoms with Gasteiger partial charge in [-0.15, -0.1) is 0 Å². The third kappa shape index (κ3) is 2.19. The van der Waals surface area contributed by atoms with Gasteiger partial charge in [-0.3, -0.25) is 4.98 Å². The maximum absolute atomic E-state index is 4.73. The molecule has 0 radical (unpaired) electrons. The van der Waals surface area contributed by atoms with Gasteiger partial charge in [-0.25, -0.2) is 0 Å². The van der Waals surface area contributed by atoms with Gasteiger partial charge in [-0.1, -0.05) is 57.9 Å². The van der Waals surface area contributed by atoms with Crippen molar-refractivity contribution >= 4 is 48.5 Å². The van der Waals surface area contributed by atoms with Crippen LogP contribution in [0.3, 0.4) is 0 Å². The van der Waals surface area contributed by atoms with Crippen molar-refractivity contribution in [1.82, 2.24) is 9.97 Å². The largest absolute Gasteiger partial charge is 0.353 e. The molecule has 2 nitrogen and oxygen atoms in total. The fourth-order valence-electron chi connectivity index (χ4n) is 3.62. The molecule has 5 aromatic rings. The number of nitrogens with one attached hydrogen (secondary N) is 1. The highest BCUT2D eigenvalue weighted by molar-refractivity contribution is 9.10. The van der Waals surface area contributed by atoms with Gasteiger partial charge in [0.15, 0.2) is 0 Å². The number of rotatable bonds is 1. The summed E-state index contributed by atoms with van der Waals surface area (Å²) in [4.78, 5) is 8.31. The predicted molar refractivity (Wildman–Crippen MR) is 109 cm³/mol. The highest BCUT2D eigenvalue weighted by Gasteiger charge is 2.13. The second-order valence-corrected chi connectivity index (χ2v) is 7.25. The van der Waals surface area contributed by atoms with E-state index < -0.39 is 0 Å². The second-order valence-electron chi connectivity index (χ2n) is 6.40. The molecule has 25 heavy (non-hydrogen) atoms. The summed E-state index contributed by atoms with van der Waals surface area (Å²) in [5, 5.41) is 4.87. The van der Waals surface area contributed by atoms with E-state index in [1.54, 1.807) is 0 Å². The molecule has 0 aliphatic heterocycles. The van der Waals surface area contributed by atoms with Crippen LogP contribution in [0.15, 0.2) is 71.3 Å². The highest BCUT2D eigenvalue weighted by Crippen LogP contribution is 2.36. The predicted octanol–water partition coefficient (Wildman–Crippen LogP) is 6.61. The summed E-state index contributed by atoms with van der Waals surface area (Å²) in [7, 11) is 0. The Kier molecular flexibility index (Phi) is 3.19. The zero-order chi connectivity index (χ0) is 17.0. The van der Waals surface area contributed by atoms with E-state index in [0.717, 1.165) is 26.8 Å². The average molecular weight is 387 g/mol. The molecule has 0 saturated carbocycles. The molecule has 3 heteroatoms. The Morgan fingerprint density at radius 2 is 1.68 bits per heavy atom. The molecule has 0 bridgehead atoms. The summed E-state index contributed by atoms with van der Waals surface area (Å²) in [5.41, 5.74) is 5.65. The molecule has 0 atom stereocenters. The van der Waals surface area contributed by atoms with Crippen LogP contribution in [0.4, 0.5) is 0 Å². The molecule has 2 heterocycles. The van der Waals surface area contributed by atoms with E-state index in [4.69, 9.17) is 4.98 Å². The maximum Gasteiger partial charge on any atom is 0.0949 e. The first kappa shape index (κ1) is 14.7.